The number of nitrogens with one attached hydrogen (secondary N) is 1. The minimum atomic E-state index is -0.933. The third-order valence-corrected chi connectivity index (χ3v) is 2.23. The van der Waals surface area contributed by atoms with E-state index < -0.39 is 17.4 Å². The monoisotopic (exact) mass is 257 g/mol. The number of hydrogen-bond donors (Lipinski definition) is 1. The fourth-order valence-corrected chi connectivity index (χ4v) is 1.32. The lowest BCUT2D eigenvalue weighted by molar-refractivity contribution is -0.120. The molecule has 0 bridgehead atoms. The van der Waals surface area contributed by atoms with Crippen molar-refractivity contribution in [2.24, 2.45) is 0 Å². The summed E-state index contributed by atoms with van der Waals surface area (Å²) < 4.78 is 31.6. The number of amides is 1. The van der Waals surface area contributed by atoms with Gasteiger partial charge in [0.25, 0.3) is 0 Å². The third kappa shape index (κ3) is 3.80. The van der Waals surface area contributed by atoms with Crippen LogP contribution in [0.25, 0.3) is 0 Å². The molecule has 18 heavy (non-hydrogen) atoms. The number of carbonyl (C=O) groups excluding carboxylic acids is 2. The summed E-state index contributed by atoms with van der Waals surface area (Å²) in [4.78, 5) is 21.3. The minimum Gasteiger partial charge on any atom is -0.488 e. The van der Waals surface area contributed by atoms with Gasteiger partial charge >= 0.3 is 0 Å². The molecule has 0 aliphatic rings. The van der Waals surface area contributed by atoms with Crippen LogP contribution >= 0.6 is 0 Å². The first kappa shape index (κ1) is 14.1. The molecule has 0 radical (unpaired) electrons. The maximum absolute atomic E-state index is 13.3. The standard InChI is InChI=1S/C12H13F2NO3/c1-15-11(17)3-2-4-18-12-9(13)5-8(7-16)6-10(12)14/h5-7H,2-4H2,1H3,(H,15,17). The summed E-state index contributed by atoms with van der Waals surface area (Å²) in [6.45, 7) is 0.0156. The molecule has 1 rings (SSSR count). The summed E-state index contributed by atoms with van der Waals surface area (Å²) in [5.74, 6) is -2.57. The molecule has 0 atom stereocenters. The van der Waals surface area contributed by atoms with E-state index in [9.17, 15) is 18.4 Å². The van der Waals surface area contributed by atoms with Crippen molar-refractivity contribution in [2.75, 3.05) is 13.7 Å². The van der Waals surface area contributed by atoms with E-state index in [1.165, 1.54) is 7.05 Å². The largest absolute Gasteiger partial charge is 0.488 e. The lowest BCUT2D eigenvalue weighted by atomic mass is 10.2. The number of aldehydes is 1. The molecule has 4 nitrogen and oxygen atoms in total. The molecule has 1 aromatic carbocycles. The predicted molar refractivity (Wildman–Crippen MR) is 60.5 cm³/mol. The van der Waals surface area contributed by atoms with E-state index in [1.54, 1.807) is 0 Å². The molecule has 0 heterocycles. The quantitative estimate of drug-likeness (QED) is 0.623. The molecule has 0 saturated heterocycles. The van der Waals surface area contributed by atoms with Crippen molar-refractivity contribution in [2.45, 2.75) is 12.8 Å². The van der Waals surface area contributed by atoms with Gasteiger partial charge in [-0.3, -0.25) is 9.59 Å². The van der Waals surface area contributed by atoms with Crippen LogP contribution in [0.4, 0.5) is 8.78 Å². The van der Waals surface area contributed by atoms with E-state index in [0.717, 1.165) is 12.1 Å². The Labute approximate surface area is 103 Å². The second-order valence-electron chi connectivity index (χ2n) is 3.56. The SMILES string of the molecule is CNC(=O)CCCOc1c(F)cc(C=O)cc1F. The molecule has 1 amide bonds. The van der Waals surface area contributed by atoms with Gasteiger partial charge in [0.05, 0.1) is 6.61 Å². The molecule has 0 unspecified atom stereocenters. The molecule has 0 spiro atoms. The van der Waals surface area contributed by atoms with Crippen molar-refractivity contribution in [3.63, 3.8) is 0 Å². The van der Waals surface area contributed by atoms with Gasteiger partial charge in [-0.25, -0.2) is 8.78 Å². The van der Waals surface area contributed by atoms with Crippen LogP contribution in [0, 0.1) is 11.6 Å². The summed E-state index contributed by atoms with van der Waals surface area (Å²) in [5.41, 5.74) is -0.0947. The van der Waals surface area contributed by atoms with Gasteiger partial charge in [-0.1, -0.05) is 0 Å². The highest BCUT2D eigenvalue weighted by molar-refractivity contribution is 5.75. The molecule has 0 aromatic heterocycles. The Balaban J connectivity index is 2.57. The molecule has 0 saturated carbocycles. The van der Waals surface area contributed by atoms with E-state index in [4.69, 9.17) is 4.74 Å². The van der Waals surface area contributed by atoms with Crippen molar-refractivity contribution in [3.05, 3.63) is 29.3 Å². The first-order chi connectivity index (χ1) is 8.58. The maximum Gasteiger partial charge on any atom is 0.219 e. The summed E-state index contributed by atoms with van der Waals surface area (Å²) in [6.07, 6.45) is 0.904. The summed E-state index contributed by atoms with van der Waals surface area (Å²) in [5, 5.41) is 2.42. The van der Waals surface area contributed by atoms with Crippen LogP contribution < -0.4 is 10.1 Å². The lowest BCUT2D eigenvalue weighted by Gasteiger charge is -2.08. The maximum atomic E-state index is 13.3. The van der Waals surface area contributed by atoms with Crippen LogP contribution in [-0.2, 0) is 4.79 Å². The van der Waals surface area contributed by atoms with Crippen LogP contribution in [0.3, 0.4) is 0 Å². The van der Waals surface area contributed by atoms with Gasteiger partial charge in [0.1, 0.15) is 6.29 Å². The van der Waals surface area contributed by atoms with Gasteiger partial charge in [0, 0.05) is 19.0 Å². The molecular formula is C12H13F2NO3. The van der Waals surface area contributed by atoms with Crippen molar-refractivity contribution >= 4 is 12.2 Å². The summed E-state index contributed by atoms with van der Waals surface area (Å²) in [6, 6.07) is 1.79. The highest BCUT2D eigenvalue weighted by atomic mass is 19.1. The van der Waals surface area contributed by atoms with Gasteiger partial charge in [-0.2, -0.15) is 0 Å². The second-order valence-corrected chi connectivity index (χ2v) is 3.56. The average molecular weight is 257 g/mol. The smallest absolute Gasteiger partial charge is 0.219 e. The van der Waals surface area contributed by atoms with Crippen LogP contribution in [-0.4, -0.2) is 25.8 Å². The third-order valence-electron chi connectivity index (χ3n) is 2.23. The molecule has 0 aliphatic carbocycles. The fourth-order valence-electron chi connectivity index (χ4n) is 1.32. The Morgan fingerprint density at radius 1 is 1.39 bits per heavy atom. The Hall–Kier alpha value is -1.98. The Morgan fingerprint density at radius 3 is 2.50 bits per heavy atom. The second kappa shape index (κ2) is 6.68. The summed E-state index contributed by atoms with van der Waals surface area (Å²) >= 11 is 0. The van der Waals surface area contributed by atoms with Gasteiger partial charge < -0.3 is 10.1 Å². The molecule has 1 N–H and O–H groups in total. The van der Waals surface area contributed by atoms with Gasteiger partial charge in [0.2, 0.25) is 5.91 Å². The average Bonchev–Trinajstić information content (AvgIpc) is 2.36. The molecule has 1 aromatic rings. The highest BCUT2D eigenvalue weighted by Gasteiger charge is 2.12. The van der Waals surface area contributed by atoms with Crippen molar-refractivity contribution in [1.29, 1.82) is 0 Å². The van der Waals surface area contributed by atoms with E-state index in [0.29, 0.717) is 12.7 Å². The zero-order chi connectivity index (χ0) is 13.5. The van der Waals surface area contributed by atoms with Crippen LogP contribution in [0.2, 0.25) is 0 Å². The van der Waals surface area contributed by atoms with Crippen molar-refractivity contribution in [3.8, 4) is 5.75 Å². The van der Waals surface area contributed by atoms with E-state index in [2.05, 4.69) is 5.32 Å². The number of halogens is 2. The van der Waals surface area contributed by atoms with E-state index >= 15 is 0 Å². The van der Waals surface area contributed by atoms with Crippen LogP contribution in [0.5, 0.6) is 5.75 Å². The normalized spacial score (nSPS) is 9.94. The first-order valence-electron chi connectivity index (χ1n) is 5.36. The Morgan fingerprint density at radius 2 is 2.00 bits per heavy atom. The molecule has 0 aliphatic heterocycles. The topological polar surface area (TPSA) is 55.4 Å². The van der Waals surface area contributed by atoms with Crippen molar-refractivity contribution < 1.29 is 23.1 Å². The number of rotatable bonds is 6. The molecule has 6 heteroatoms. The summed E-state index contributed by atoms with van der Waals surface area (Å²) in [7, 11) is 1.50. The van der Waals surface area contributed by atoms with Gasteiger partial charge in [0.15, 0.2) is 17.4 Å². The van der Waals surface area contributed by atoms with Crippen LogP contribution in [0.1, 0.15) is 23.2 Å². The fraction of sp³-hybridized carbons (Fsp3) is 0.333. The molecule has 98 valence electrons. The Kier molecular flexibility index (Phi) is 5.23. The number of carbonyl (C=O) groups is 2. The van der Waals surface area contributed by atoms with Crippen molar-refractivity contribution in [1.82, 2.24) is 5.32 Å². The number of ether oxygens (including phenoxy) is 1. The number of hydrogen-bond acceptors (Lipinski definition) is 3. The van der Waals surface area contributed by atoms with E-state index in [1.807, 2.05) is 0 Å². The lowest BCUT2D eigenvalue weighted by Crippen LogP contribution is -2.18. The van der Waals surface area contributed by atoms with Gasteiger partial charge in [-0.15, -0.1) is 0 Å². The van der Waals surface area contributed by atoms with E-state index in [-0.39, 0.29) is 24.5 Å². The predicted octanol–water partition coefficient (Wildman–Crippen LogP) is 1.68. The minimum absolute atomic E-state index is 0.0156. The molecular weight excluding hydrogens is 244 g/mol. The van der Waals surface area contributed by atoms with Crippen LogP contribution in [0.15, 0.2) is 12.1 Å². The number of benzene rings is 1. The Bertz CT molecular complexity index is 426. The highest BCUT2D eigenvalue weighted by Crippen LogP contribution is 2.22. The zero-order valence-corrected chi connectivity index (χ0v) is 9.83. The zero-order valence-electron chi connectivity index (χ0n) is 9.83. The van der Waals surface area contributed by atoms with Gasteiger partial charge in [-0.05, 0) is 18.6 Å². The molecule has 0 fully saturated rings. The first-order valence-corrected chi connectivity index (χ1v) is 5.36.